The minimum atomic E-state index is -1.18. The van der Waals surface area contributed by atoms with Crippen LogP contribution in [0.1, 0.15) is 45.0 Å². The van der Waals surface area contributed by atoms with Crippen LogP contribution in [0, 0.1) is 5.92 Å². The molecule has 0 fully saturated rings. The summed E-state index contributed by atoms with van der Waals surface area (Å²) in [5, 5.41) is 4.43. The third-order valence-electron chi connectivity index (χ3n) is 3.11. The van der Waals surface area contributed by atoms with Crippen LogP contribution in [0.3, 0.4) is 0 Å². The van der Waals surface area contributed by atoms with Crippen LogP contribution < -0.4 is 16.4 Å². The maximum Gasteiger partial charge on any atom is 0.412 e. The first-order chi connectivity index (χ1) is 12.4. The van der Waals surface area contributed by atoms with Crippen LogP contribution >= 0.6 is 0 Å². The van der Waals surface area contributed by atoms with Gasteiger partial charge in [-0.25, -0.2) is 14.4 Å². The van der Waals surface area contributed by atoms with Crippen LogP contribution in [0.15, 0.2) is 24.3 Å². The molecule has 1 aromatic rings. The van der Waals surface area contributed by atoms with Crippen molar-refractivity contribution in [1.29, 1.82) is 0 Å². The first-order valence-corrected chi connectivity index (χ1v) is 8.30. The van der Waals surface area contributed by atoms with Gasteiger partial charge in [-0.1, -0.05) is 13.8 Å². The lowest BCUT2D eigenvalue weighted by atomic mass is 10.1. The highest BCUT2D eigenvalue weighted by atomic mass is 16.6. The summed E-state index contributed by atoms with van der Waals surface area (Å²) < 4.78 is 10.3. The molecule has 0 heterocycles. The van der Waals surface area contributed by atoms with Crippen molar-refractivity contribution < 1.29 is 28.7 Å². The predicted molar refractivity (Wildman–Crippen MR) is 98.1 cm³/mol. The predicted octanol–water partition coefficient (Wildman–Crippen LogP) is 2.41. The highest BCUT2D eigenvalue weighted by molar-refractivity contribution is 5.98. The number of rotatable bonds is 5. The second kappa shape index (κ2) is 9.02. The van der Waals surface area contributed by atoms with E-state index in [1.165, 1.54) is 24.3 Å². The summed E-state index contributed by atoms with van der Waals surface area (Å²) in [5.74, 6) is -1.92. The van der Waals surface area contributed by atoms with Crippen molar-refractivity contribution in [3.05, 3.63) is 29.8 Å². The molecule has 1 rings (SSSR count). The minimum absolute atomic E-state index is 0.169. The normalized spacial score (nSPS) is 12.1. The molecule has 148 valence electrons. The lowest BCUT2D eigenvalue weighted by molar-refractivity contribution is -0.130. The molecular weight excluding hydrogens is 354 g/mol. The SMILES string of the molecule is CC(C)[C@H](OC(=O)c1ccc(NC(=O)OC(C)(C)C)cc1)C(=O)NC(N)=O. The Kier molecular flexibility index (Phi) is 7.33. The molecule has 4 amide bonds. The maximum atomic E-state index is 12.2. The average molecular weight is 379 g/mol. The van der Waals surface area contributed by atoms with Gasteiger partial charge in [0.15, 0.2) is 6.10 Å². The van der Waals surface area contributed by atoms with Gasteiger partial charge in [0.1, 0.15) is 5.60 Å². The number of anilines is 1. The van der Waals surface area contributed by atoms with Gasteiger partial charge in [-0.05, 0) is 51.0 Å². The molecule has 0 radical (unpaired) electrons. The van der Waals surface area contributed by atoms with E-state index in [9.17, 15) is 19.2 Å². The number of carbonyl (C=O) groups is 4. The van der Waals surface area contributed by atoms with Gasteiger partial charge in [-0.2, -0.15) is 0 Å². The van der Waals surface area contributed by atoms with Crippen LogP contribution in [0.5, 0.6) is 0 Å². The number of nitrogens with one attached hydrogen (secondary N) is 2. The molecule has 0 aliphatic heterocycles. The molecule has 4 N–H and O–H groups in total. The summed E-state index contributed by atoms with van der Waals surface area (Å²) in [6.07, 6.45) is -1.80. The smallest absolute Gasteiger partial charge is 0.412 e. The molecule has 0 bridgehead atoms. The van der Waals surface area contributed by atoms with Crippen LogP contribution in [-0.4, -0.2) is 35.7 Å². The van der Waals surface area contributed by atoms with Crippen molar-refractivity contribution in [2.45, 2.75) is 46.3 Å². The number of imide groups is 1. The number of amides is 4. The Morgan fingerprint density at radius 3 is 2.04 bits per heavy atom. The second-order valence-corrected chi connectivity index (χ2v) is 7.13. The quantitative estimate of drug-likeness (QED) is 0.672. The Morgan fingerprint density at radius 1 is 1.04 bits per heavy atom. The Hall–Kier alpha value is -3.10. The van der Waals surface area contributed by atoms with E-state index in [1.54, 1.807) is 34.6 Å². The Bertz CT molecular complexity index is 707. The van der Waals surface area contributed by atoms with Crippen LogP contribution in [0.4, 0.5) is 15.3 Å². The van der Waals surface area contributed by atoms with E-state index in [4.69, 9.17) is 15.2 Å². The molecule has 9 heteroatoms. The number of urea groups is 1. The molecule has 0 saturated heterocycles. The summed E-state index contributed by atoms with van der Waals surface area (Å²) >= 11 is 0. The lowest BCUT2D eigenvalue weighted by Gasteiger charge is -2.20. The van der Waals surface area contributed by atoms with E-state index < -0.39 is 35.7 Å². The molecular formula is C18H25N3O6. The number of primary amides is 1. The summed E-state index contributed by atoms with van der Waals surface area (Å²) in [7, 11) is 0. The van der Waals surface area contributed by atoms with Crippen molar-refractivity contribution in [1.82, 2.24) is 5.32 Å². The third-order valence-corrected chi connectivity index (χ3v) is 3.11. The van der Waals surface area contributed by atoms with Gasteiger partial charge < -0.3 is 15.2 Å². The molecule has 0 aliphatic rings. The van der Waals surface area contributed by atoms with Crippen molar-refractivity contribution in [2.24, 2.45) is 11.7 Å². The monoisotopic (exact) mass is 379 g/mol. The zero-order valence-corrected chi connectivity index (χ0v) is 16.0. The number of carbonyl (C=O) groups excluding carboxylic acids is 4. The molecule has 27 heavy (non-hydrogen) atoms. The van der Waals surface area contributed by atoms with Crippen molar-refractivity contribution in [2.75, 3.05) is 5.32 Å². The first-order valence-electron chi connectivity index (χ1n) is 8.30. The Morgan fingerprint density at radius 2 is 1.59 bits per heavy atom. The van der Waals surface area contributed by atoms with E-state index in [0.29, 0.717) is 5.69 Å². The fraction of sp³-hybridized carbons (Fsp3) is 0.444. The van der Waals surface area contributed by atoms with E-state index in [1.807, 2.05) is 5.32 Å². The summed E-state index contributed by atoms with van der Waals surface area (Å²) in [6.45, 7) is 8.54. The topological polar surface area (TPSA) is 137 Å². The number of esters is 1. The van der Waals surface area contributed by atoms with Gasteiger partial charge in [0.25, 0.3) is 5.91 Å². The van der Waals surface area contributed by atoms with Gasteiger partial charge in [-0.15, -0.1) is 0 Å². The van der Waals surface area contributed by atoms with E-state index in [0.717, 1.165) is 0 Å². The molecule has 0 aliphatic carbocycles. The van der Waals surface area contributed by atoms with E-state index in [-0.39, 0.29) is 11.5 Å². The molecule has 0 unspecified atom stereocenters. The molecule has 0 aromatic heterocycles. The van der Waals surface area contributed by atoms with Gasteiger partial charge in [0, 0.05) is 5.69 Å². The summed E-state index contributed by atoms with van der Waals surface area (Å²) in [5.41, 5.74) is 4.87. The van der Waals surface area contributed by atoms with Crippen molar-refractivity contribution >= 4 is 29.7 Å². The number of hydrogen-bond acceptors (Lipinski definition) is 6. The zero-order chi connectivity index (χ0) is 20.8. The minimum Gasteiger partial charge on any atom is -0.448 e. The average Bonchev–Trinajstić information content (AvgIpc) is 2.50. The lowest BCUT2D eigenvalue weighted by Crippen LogP contribution is -2.45. The zero-order valence-electron chi connectivity index (χ0n) is 16.0. The standard InChI is InChI=1S/C18H25N3O6/c1-10(2)13(14(22)21-16(19)24)26-15(23)11-6-8-12(9-7-11)20-17(25)27-18(3,4)5/h6-10,13H,1-5H3,(H,20,25)(H3,19,21,22,24)/t13-/m0/s1. The van der Waals surface area contributed by atoms with E-state index in [2.05, 4.69) is 5.32 Å². The largest absolute Gasteiger partial charge is 0.448 e. The second-order valence-electron chi connectivity index (χ2n) is 7.13. The molecule has 9 nitrogen and oxygen atoms in total. The fourth-order valence-electron chi connectivity index (χ4n) is 1.98. The summed E-state index contributed by atoms with van der Waals surface area (Å²) in [6, 6.07) is 4.82. The van der Waals surface area contributed by atoms with Gasteiger partial charge >= 0.3 is 18.1 Å². The molecule has 0 spiro atoms. The number of ether oxygens (including phenoxy) is 2. The van der Waals surface area contributed by atoms with E-state index >= 15 is 0 Å². The van der Waals surface area contributed by atoms with Crippen molar-refractivity contribution in [3.8, 4) is 0 Å². The Balaban J connectivity index is 2.76. The molecule has 1 atom stereocenters. The van der Waals surface area contributed by atoms with Crippen molar-refractivity contribution in [3.63, 3.8) is 0 Å². The highest BCUT2D eigenvalue weighted by Crippen LogP contribution is 2.15. The number of nitrogens with two attached hydrogens (primary N) is 1. The van der Waals surface area contributed by atoms with Crippen LogP contribution in [0.2, 0.25) is 0 Å². The van der Waals surface area contributed by atoms with Gasteiger partial charge in [0.2, 0.25) is 0 Å². The van der Waals surface area contributed by atoms with Crippen LogP contribution in [-0.2, 0) is 14.3 Å². The number of hydrogen-bond donors (Lipinski definition) is 3. The molecule has 0 saturated carbocycles. The maximum absolute atomic E-state index is 12.2. The third kappa shape index (κ3) is 7.76. The van der Waals surface area contributed by atoms with Gasteiger partial charge in [-0.3, -0.25) is 15.4 Å². The summed E-state index contributed by atoms with van der Waals surface area (Å²) in [4.78, 5) is 46.7. The number of benzene rings is 1. The Labute approximate surface area is 157 Å². The van der Waals surface area contributed by atoms with Crippen LogP contribution in [0.25, 0.3) is 0 Å². The highest BCUT2D eigenvalue weighted by Gasteiger charge is 2.28. The first kappa shape index (κ1) is 21.9. The molecule has 1 aromatic carbocycles. The van der Waals surface area contributed by atoms with Gasteiger partial charge in [0.05, 0.1) is 5.56 Å². The fourth-order valence-corrected chi connectivity index (χ4v) is 1.98.